The van der Waals surface area contributed by atoms with Crippen molar-refractivity contribution in [3.05, 3.63) is 65.7 Å². The van der Waals surface area contributed by atoms with Gasteiger partial charge in [-0.05, 0) is 35.8 Å². The van der Waals surface area contributed by atoms with E-state index in [1.807, 2.05) is 18.2 Å². The average Bonchev–Trinajstić information content (AvgIpc) is 3.14. The predicted octanol–water partition coefficient (Wildman–Crippen LogP) is 3.70. The van der Waals surface area contributed by atoms with Gasteiger partial charge in [0.05, 0.1) is 7.11 Å². The number of halogens is 2. The molecule has 0 saturated carbocycles. The van der Waals surface area contributed by atoms with E-state index in [2.05, 4.69) is 27.1 Å². The number of benzene rings is 2. The molecule has 2 aromatic carbocycles. The molecule has 0 bridgehead atoms. The van der Waals surface area contributed by atoms with E-state index >= 15 is 0 Å². The van der Waals surface area contributed by atoms with Crippen LogP contribution in [0.5, 0.6) is 11.5 Å². The van der Waals surface area contributed by atoms with Gasteiger partial charge in [-0.3, -0.25) is 9.69 Å². The fourth-order valence-corrected chi connectivity index (χ4v) is 3.34. The van der Waals surface area contributed by atoms with E-state index in [-0.39, 0.29) is 23.4 Å². The van der Waals surface area contributed by atoms with Crippen LogP contribution in [0.25, 0.3) is 6.08 Å². The first kappa shape index (κ1) is 20.8. The maximum absolute atomic E-state index is 12.4. The Balaban J connectivity index is 1.51. The zero-order valence-corrected chi connectivity index (χ0v) is 16.2. The van der Waals surface area contributed by atoms with Gasteiger partial charge in [-0.2, -0.15) is 8.78 Å². The van der Waals surface area contributed by atoms with Crippen molar-refractivity contribution in [2.24, 2.45) is 0 Å². The number of carbonyl (C=O) groups excluding carboxylic acids is 1. The summed E-state index contributed by atoms with van der Waals surface area (Å²) >= 11 is 0. The van der Waals surface area contributed by atoms with Crippen molar-refractivity contribution in [3.63, 3.8) is 0 Å². The van der Waals surface area contributed by atoms with E-state index in [1.165, 1.54) is 24.8 Å². The summed E-state index contributed by atoms with van der Waals surface area (Å²) in [4.78, 5) is 14.5. The molecule has 2 aromatic rings. The fraction of sp³-hybridized carbons (Fsp3) is 0.318. The minimum absolute atomic E-state index is 0.0476. The van der Waals surface area contributed by atoms with Gasteiger partial charge in [0, 0.05) is 31.8 Å². The third-order valence-corrected chi connectivity index (χ3v) is 4.70. The van der Waals surface area contributed by atoms with Gasteiger partial charge in [-0.15, -0.1) is 0 Å². The SMILES string of the molecule is COc1cc(/C=C/C(=O)NC2CCN(Cc3ccccc3)C2)ccc1OC(F)F. The van der Waals surface area contributed by atoms with E-state index < -0.39 is 6.61 Å². The van der Waals surface area contributed by atoms with Gasteiger partial charge in [0.25, 0.3) is 0 Å². The van der Waals surface area contributed by atoms with Crippen molar-refractivity contribution in [3.8, 4) is 11.5 Å². The van der Waals surface area contributed by atoms with Gasteiger partial charge in [-0.1, -0.05) is 36.4 Å². The molecule has 0 aliphatic carbocycles. The molecule has 1 amide bonds. The van der Waals surface area contributed by atoms with Gasteiger partial charge in [0.2, 0.25) is 5.91 Å². The lowest BCUT2D eigenvalue weighted by Crippen LogP contribution is -2.35. The maximum Gasteiger partial charge on any atom is 0.387 e. The Morgan fingerprint density at radius 2 is 2.03 bits per heavy atom. The summed E-state index contributed by atoms with van der Waals surface area (Å²) in [7, 11) is 1.37. The Morgan fingerprint density at radius 3 is 2.76 bits per heavy atom. The number of amides is 1. The zero-order chi connectivity index (χ0) is 20.6. The lowest BCUT2D eigenvalue weighted by atomic mass is 10.2. The second kappa shape index (κ2) is 10.0. The molecular formula is C22H24F2N2O3. The van der Waals surface area contributed by atoms with Crippen LogP contribution >= 0.6 is 0 Å². The molecule has 0 radical (unpaired) electrons. The topological polar surface area (TPSA) is 50.8 Å². The molecule has 5 nitrogen and oxygen atoms in total. The van der Waals surface area contributed by atoms with E-state index in [9.17, 15) is 13.6 Å². The van der Waals surface area contributed by atoms with E-state index in [4.69, 9.17) is 4.74 Å². The van der Waals surface area contributed by atoms with Crippen molar-refractivity contribution in [2.75, 3.05) is 20.2 Å². The highest BCUT2D eigenvalue weighted by Gasteiger charge is 2.23. The minimum atomic E-state index is -2.93. The van der Waals surface area contributed by atoms with Crippen molar-refractivity contribution in [1.82, 2.24) is 10.2 Å². The average molecular weight is 402 g/mol. The van der Waals surface area contributed by atoms with Crippen molar-refractivity contribution < 1.29 is 23.0 Å². The normalized spacial score (nSPS) is 17.0. The number of methoxy groups -OCH3 is 1. The highest BCUT2D eigenvalue weighted by molar-refractivity contribution is 5.92. The Bertz CT molecular complexity index is 843. The second-order valence-electron chi connectivity index (χ2n) is 6.84. The Morgan fingerprint density at radius 1 is 1.24 bits per heavy atom. The number of hydrogen-bond donors (Lipinski definition) is 1. The van der Waals surface area contributed by atoms with Gasteiger partial charge >= 0.3 is 6.61 Å². The quantitative estimate of drug-likeness (QED) is 0.684. The van der Waals surface area contributed by atoms with Crippen LogP contribution in [0.2, 0.25) is 0 Å². The van der Waals surface area contributed by atoms with Crippen molar-refractivity contribution >= 4 is 12.0 Å². The van der Waals surface area contributed by atoms with Crippen LogP contribution in [0, 0.1) is 0 Å². The molecule has 29 heavy (non-hydrogen) atoms. The summed E-state index contributed by atoms with van der Waals surface area (Å²) < 4.78 is 34.2. The lowest BCUT2D eigenvalue weighted by Gasteiger charge is -2.16. The molecule has 7 heteroatoms. The minimum Gasteiger partial charge on any atom is -0.493 e. The molecular weight excluding hydrogens is 378 g/mol. The number of hydrogen-bond acceptors (Lipinski definition) is 4. The molecule has 1 N–H and O–H groups in total. The highest BCUT2D eigenvalue weighted by Crippen LogP contribution is 2.29. The summed E-state index contributed by atoms with van der Waals surface area (Å²) in [6.07, 6.45) is 3.95. The van der Waals surface area contributed by atoms with Crippen LogP contribution in [-0.2, 0) is 11.3 Å². The first-order valence-electron chi connectivity index (χ1n) is 9.41. The van der Waals surface area contributed by atoms with Gasteiger partial charge < -0.3 is 14.8 Å². The maximum atomic E-state index is 12.4. The number of nitrogens with zero attached hydrogens (tertiary/aromatic N) is 1. The third kappa shape index (κ3) is 6.29. The molecule has 1 unspecified atom stereocenters. The van der Waals surface area contributed by atoms with Gasteiger partial charge in [0.15, 0.2) is 11.5 Å². The molecule has 1 atom stereocenters. The molecule has 0 spiro atoms. The number of nitrogens with one attached hydrogen (secondary N) is 1. The number of ether oxygens (including phenoxy) is 2. The molecule has 1 heterocycles. The molecule has 154 valence electrons. The summed E-state index contributed by atoms with van der Waals surface area (Å²) in [6, 6.07) is 14.9. The summed E-state index contributed by atoms with van der Waals surface area (Å²) in [5, 5.41) is 3.01. The van der Waals surface area contributed by atoms with Crippen molar-refractivity contribution in [1.29, 1.82) is 0 Å². The fourth-order valence-electron chi connectivity index (χ4n) is 3.34. The van der Waals surface area contributed by atoms with Crippen LogP contribution in [0.15, 0.2) is 54.6 Å². The van der Waals surface area contributed by atoms with Crippen LogP contribution in [-0.4, -0.2) is 43.7 Å². The zero-order valence-electron chi connectivity index (χ0n) is 16.2. The highest BCUT2D eigenvalue weighted by atomic mass is 19.3. The number of alkyl halides is 2. The lowest BCUT2D eigenvalue weighted by molar-refractivity contribution is -0.117. The first-order valence-corrected chi connectivity index (χ1v) is 9.41. The Kier molecular flexibility index (Phi) is 7.19. The molecule has 3 rings (SSSR count). The number of carbonyl (C=O) groups is 1. The molecule has 1 fully saturated rings. The molecule has 1 saturated heterocycles. The smallest absolute Gasteiger partial charge is 0.387 e. The van der Waals surface area contributed by atoms with Gasteiger partial charge in [-0.25, -0.2) is 0 Å². The van der Waals surface area contributed by atoms with E-state index in [0.29, 0.717) is 5.56 Å². The summed E-state index contributed by atoms with van der Waals surface area (Å²) in [5.74, 6) is -0.0581. The van der Waals surface area contributed by atoms with Crippen LogP contribution in [0.3, 0.4) is 0 Å². The number of likely N-dealkylation sites (tertiary alicyclic amines) is 1. The Labute approximate surface area is 168 Å². The number of rotatable bonds is 8. The van der Waals surface area contributed by atoms with Crippen LogP contribution < -0.4 is 14.8 Å². The van der Waals surface area contributed by atoms with Crippen LogP contribution in [0.4, 0.5) is 8.78 Å². The van der Waals surface area contributed by atoms with Crippen molar-refractivity contribution in [2.45, 2.75) is 25.6 Å². The summed E-state index contributed by atoms with van der Waals surface area (Å²) in [5.41, 5.74) is 1.91. The van der Waals surface area contributed by atoms with E-state index in [0.717, 1.165) is 26.1 Å². The predicted molar refractivity (Wildman–Crippen MR) is 107 cm³/mol. The summed E-state index contributed by atoms with van der Waals surface area (Å²) in [6.45, 7) is -0.312. The van der Waals surface area contributed by atoms with E-state index in [1.54, 1.807) is 18.2 Å². The monoisotopic (exact) mass is 402 g/mol. The van der Waals surface area contributed by atoms with Crippen LogP contribution in [0.1, 0.15) is 17.5 Å². The third-order valence-electron chi connectivity index (χ3n) is 4.70. The first-order chi connectivity index (χ1) is 14.0. The molecule has 0 aromatic heterocycles. The standard InChI is InChI=1S/C22H24F2N2O3/c1-28-20-13-16(7-9-19(20)29-22(23)24)8-10-21(27)25-18-11-12-26(15-18)14-17-5-3-2-4-6-17/h2-10,13,18,22H,11-12,14-15H2,1H3,(H,25,27)/b10-8+. The van der Waals surface area contributed by atoms with Gasteiger partial charge in [0.1, 0.15) is 0 Å². The Hall–Kier alpha value is -2.93. The molecule has 1 aliphatic heterocycles. The largest absolute Gasteiger partial charge is 0.493 e. The second-order valence-corrected chi connectivity index (χ2v) is 6.84. The molecule has 1 aliphatic rings.